The fraction of sp³-hybridized carbons (Fsp3) is 0.562. The van der Waals surface area contributed by atoms with Crippen LogP contribution in [0.4, 0.5) is 11.4 Å². The molecule has 1 amide bonds. The molecule has 1 unspecified atom stereocenters. The number of carbonyl (C=O) groups is 1. The topological polar surface area (TPSA) is 32.3 Å². The first-order valence-electron chi connectivity index (χ1n) is 7.37. The molecule has 0 aromatic heterocycles. The molecular weight excluding hydrogens is 236 g/mol. The van der Waals surface area contributed by atoms with E-state index in [1.165, 1.54) is 24.9 Å². The van der Waals surface area contributed by atoms with Gasteiger partial charge in [0.25, 0.3) is 0 Å². The number of hydrogen-bond donors (Lipinski definition) is 1. The van der Waals surface area contributed by atoms with E-state index in [-0.39, 0.29) is 5.91 Å². The minimum Gasteiger partial charge on any atom is -0.369 e. The van der Waals surface area contributed by atoms with Gasteiger partial charge in [-0.15, -0.1) is 0 Å². The number of carbonyl (C=O) groups excluding carboxylic acids is 1. The second kappa shape index (κ2) is 6.60. The van der Waals surface area contributed by atoms with Crippen molar-refractivity contribution in [2.24, 2.45) is 0 Å². The molecule has 3 nitrogen and oxygen atoms in total. The third kappa shape index (κ3) is 3.72. The monoisotopic (exact) mass is 260 g/mol. The molecule has 0 radical (unpaired) electrons. The lowest BCUT2D eigenvalue weighted by molar-refractivity contribution is -0.116. The van der Waals surface area contributed by atoms with Crippen LogP contribution >= 0.6 is 0 Å². The highest BCUT2D eigenvalue weighted by atomic mass is 16.1. The Kier molecular flexibility index (Phi) is 4.83. The summed E-state index contributed by atoms with van der Waals surface area (Å²) in [5.74, 6) is 0.0987. The van der Waals surface area contributed by atoms with Gasteiger partial charge in [0, 0.05) is 30.4 Å². The molecule has 0 aliphatic carbocycles. The van der Waals surface area contributed by atoms with Crippen molar-refractivity contribution in [1.29, 1.82) is 0 Å². The molecule has 1 N–H and O–H groups in total. The van der Waals surface area contributed by atoms with E-state index in [4.69, 9.17) is 0 Å². The maximum absolute atomic E-state index is 11.5. The van der Waals surface area contributed by atoms with Crippen LogP contribution in [0.1, 0.15) is 46.0 Å². The SMILES string of the molecule is CCCC(=O)Nc1ccc(N2CCCCC2C)cc1. The molecule has 1 aliphatic heterocycles. The Morgan fingerprint density at radius 2 is 2.05 bits per heavy atom. The highest BCUT2D eigenvalue weighted by molar-refractivity contribution is 5.90. The smallest absolute Gasteiger partial charge is 0.224 e. The van der Waals surface area contributed by atoms with Gasteiger partial charge < -0.3 is 10.2 Å². The maximum atomic E-state index is 11.5. The summed E-state index contributed by atoms with van der Waals surface area (Å²) in [6.45, 7) is 5.44. The van der Waals surface area contributed by atoms with Crippen LogP contribution in [0.15, 0.2) is 24.3 Å². The van der Waals surface area contributed by atoms with Gasteiger partial charge in [0.15, 0.2) is 0 Å². The summed E-state index contributed by atoms with van der Waals surface area (Å²) in [6, 6.07) is 8.86. The number of piperidine rings is 1. The molecule has 1 saturated heterocycles. The summed E-state index contributed by atoms with van der Waals surface area (Å²) in [6.07, 6.45) is 5.36. The van der Waals surface area contributed by atoms with Crippen LogP contribution < -0.4 is 10.2 Å². The molecule has 1 aromatic carbocycles. The summed E-state index contributed by atoms with van der Waals surface area (Å²) in [4.78, 5) is 14.0. The van der Waals surface area contributed by atoms with Gasteiger partial charge >= 0.3 is 0 Å². The lowest BCUT2D eigenvalue weighted by Gasteiger charge is -2.35. The molecule has 0 saturated carbocycles. The van der Waals surface area contributed by atoms with E-state index in [2.05, 4.69) is 29.3 Å². The summed E-state index contributed by atoms with van der Waals surface area (Å²) < 4.78 is 0. The molecular formula is C16H24N2O. The van der Waals surface area contributed by atoms with Gasteiger partial charge in [0.2, 0.25) is 5.91 Å². The zero-order valence-electron chi connectivity index (χ0n) is 12.0. The Labute approximate surface area is 116 Å². The third-order valence-electron chi connectivity index (χ3n) is 3.76. The Bertz CT molecular complexity index is 413. The molecule has 1 atom stereocenters. The summed E-state index contributed by atoms with van der Waals surface area (Å²) in [7, 11) is 0. The molecule has 104 valence electrons. The highest BCUT2D eigenvalue weighted by Crippen LogP contribution is 2.25. The van der Waals surface area contributed by atoms with Crippen molar-refractivity contribution in [3.8, 4) is 0 Å². The van der Waals surface area contributed by atoms with E-state index in [0.29, 0.717) is 12.5 Å². The lowest BCUT2D eigenvalue weighted by atomic mass is 10.0. The minimum absolute atomic E-state index is 0.0987. The molecule has 1 heterocycles. The van der Waals surface area contributed by atoms with E-state index < -0.39 is 0 Å². The molecule has 2 rings (SSSR count). The molecule has 0 spiro atoms. The average molecular weight is 260 g/mol. The van der Waals surface area contributed by atoms with Crippen molar-refractivity contribution in [2.75, 3.05) is 16.8 Å². The minimum atomic E-state index is 0.0987. The van der Waals surface area contributed by atoms with E-state index in [1.54, 1.807) is 0 Å². The Morgan fingerprint density at radius 3 is 2.68 bits per heavy atom. The molecule has 0 bridgehead atoms. The first-order valence-corrected chi connectivity index (χ1v) is 7.37. The van der Waals surface area contributed by atoms with Crippen molar-refractivity contribution in [2.45, 2.75) is 52.0 Å². The van der Waals surface area contributed by atoms with E-state index in [0.717, 1.165) is 18.7 Å². The zero-order chi connectivity index (χ0) is 13.7. The highest BCUT2D eigenvalue weighted by Gasteiger charge is 2.18. The quantitative estimate of drug-likeness (QED) is 0.893. The summed E-state index contributed by atoms with van der Waals surface area (Å²) >= 11 is 0. The van der Waals surface area contributed by atoms with Gasteiger partial charge in [-0.25, -0.2) is 0 Å². The molecule has 3 heteroatoms. The molecule has 19 heavy (non-hydrogen) atoms. The van der Waals surface area contributed by atoms with Crippen molar-refractivity contribution >= 4 is 17.3 Å². The second-order valence-corrected chi connectivity index (χ2v) is 5.38. The number of nitrogens with one attached hydrogen (secondary N) is 1. The van der Waals surface area contributed by atoms with Gasteiger partial charge in [-0.05, 0) is 56.9 Å². The fourth-order valence-corrected chi connectivity index (χ4v) is 2.67. The number of benzene rings is 1. The molecule has 1 aliphatic rings. The van der Waals surface area contributed by atoms with Gasteiger partial charge in [0.1, 0.15) is 0 Å². The summed E-state index contributed by atoms with van der Waals surface area (Å²) in [5, 5.41) is 2.93. The van der Waals surface area contributed by atoms with Crippen molar-refractivity contribution in [3.05, 3.63) is 24.3 Å². The summed E-state index contributed by atoms with van der Waals surface area (Å²) in [5.41, 5.74) is 2.16. The largest absolute Gasteiger partial charge is 0.369 e. The van der Waals surface area contributed by atoms with Crippen molar-refractivity contribution in [1.82, 2.24) is 0 Å². The van der Waals surface area contributed by atoms with Crippen LogP contribution in [0, 0.1) is 0 Å². The van der Waals surface area contributed by atoms with E-state index in [9.17, 15) is 4.79 Å². The molecule has 1 aromatic rings. The predicted molar refractivity (Wildman–Crippen MR) is 80.6 cm³/mol. The number of rotatable bonds is 4. The van der Waals surface area contributed by atoms with Gasteiger partial charge in [-0.2, -0.15) is 0 Å². The third-order valence-corrected chi connectivity index (χ3v) is 3.76. The zero-order valence-corrected chi connectivity index (χ0v) is 12.0. The van der Waals surface area contributed by atoms with Gasteiger partial charge in [0.05, 0.1) is 0 Å². The Hall–Kier alpha value is -1.51. The number of anilines is 2. The van der Waals surface area contributed by atoms with Crippen LogP contribution in [-0.4, -0.2) is 18.5 Å². The first-order chi connectivity index (χ1) is 9.20. The van der Waals surface area contributed by atoms with Gasteiger partial charge in [-0.1, -0.05) is 6.92 Å². The average Bonchev–Trinajstić information content (AvgIpc) is 2.41. The van der Waals surface area contributed by atoms with Crippen LogP contribution in [0.25, 0.3) is 0 Å². The van der Waals surface area contributed by atoms with E-state index >= 15 is 0 Å². The Balaban J connectivity index is 1.99. The fourth-order valence-electron chi connectivity index (χ4n) is 2.67. The number of hydrogen-bond acceptors (Lipinski definition) is 2. The normalized spacial score (nSPS) is 19.3. The number of nitrogens with zero attached hydrogens (tertiary/aromatic N) is 1. The van der Waals surface area contributed by atoms with Crippen molar-refractivity contribution < 1.29 is 4.79 Å². The predicted octanol–water partition coefficient (Wildman–Crippen LogP) is 3.80. The number of amides is 1. The van der Waals surface area contributed by atoms with Crippen LogP contribution in [0.3, 0.4) is 0 Å². The second-order valence-electron chi connectivity index (χ2n) is 5.38. The van der Waals surface area contributed by atoms with Gasteiger partial charge in [-0.3, -0.25) is 4.79 Å². The standard InChI is InChI=1S/C16H24N2O/c1-3-6-16(19)17-14-8-10-15(11-9-14)18-12-5-4-7-13(18)2/h8-11,13H,3-7,12H2,1-2H3,(H,17,19). The van der Waals surface area contributed by atoms with Crippen LogP contribution in [0.2, 0.25) is 0 Å². The Morgan fingerprint density at radius 1 is 1.32 bits per heavy atom. The van der Waals surface area contributed by atoms with Crippen molar-refractivity contribution in [3.63, 3.8) is 0 Å². The van der Waals surface area contributed by atoms with E-state index in [1.807, 2.05) is 19.1 Å². The van der Waals surface area contributed by atoms with Crippen LogP contribution in [0.5, 0.6) is 0 Å². The molecule has 1 fully saturated rings. The first kappa shape index (κ1) is 13.9. The maximum Gasteiger partial charge on any atom is 0.224 e. The lowest BCUT2D eigenvalue weighted by Crippen LogP contribution is -2.37. The van der Waals surface area contributed by atoms with Crippen LogP contribution in [-0.2, 0) is 4.79 Å².